The number of ether oxygens (including phenoxy) is 2. The van der Waals surface area contributed by atoms with Gasteiger partial charge < -0.3 is 14.4 Å². The van der Waals surface area contributed by atoms with Crippen LogP contribution in [0.1, 0.15) is 31.9 Å². The molecule has 0 unspecified atom stereocenters. The summed E-state index contributed by atoms with van der Waals surface area (Å²) in [7, 11) is 1.69. The van der Waals surface area contributed by atoms with Crippen molar-refractivity contribution in [2.45, 2.75) is 34.1 Å². The fraction of sp³-hybridized carbons (Fsp3) is 0.429. The molecule has 5 nitrogen and oxygen atoms in total. The van der Waals surface area contributed by atoms with Gasteiger partial charge in [-0.05, 0) is 56.5 Å². The molecule has 1 heterocycles. The molecular weight excluding hydrogens is 326 g/mol. The van der Waals surface area contributed by atoms with E-state index < -0.39 is 0 Å². The van der Waals surface area contributed by atoms with E-state index in [4.69, 9.17) is 14.5 Å². The van der Waals surface area contributed by atoms with Crippen molar-refractivity contribution in [2.24, 2.45) is 9.98 Å². The number of aliphatic imine (C=N–C) groups is 2. The summed E-state index contributed by atoms with van der Waals surface area (Å²) in [5, 5.41) is 0. The highest BCUT2D eigenvalue weighted by molar-refractivity contribution is 6.16. The van der Waals surface area contributed by atoms with E-state index in [0.29, 0.717) is 26.2 Å². The van der Waals surface area contributed by atoms with Crippen LogP contribution in [0.4, 0.5) is 0 Å². The molecule has 1 aliphatic rings. The molecule has 0 radical (unpaired) electrons. The molecule has 1 aliphatic heterocycles. The van der Waals surface area contributed by atoms with Crippen LogP contribution in [-0.4, -0.2) is 43.4 Å². The second-order valence-corrected chi connectivity index (χ2v) is 6.33. The normalized spacial score (nSPS) is 15.4. The first-order valence-corrected chi connectivity index (χ1v) is 8.94. The van der Waals surface area contributed by atoms with E-state index in [-0.39, 0.29) is 0 Å². The van der Waals surface area contributed by atoms with Crippen molar-refractivity contribution in [3.63, 3.8) is 0 Å². The third-order valence-corrected chi connectivity index (χ3v) is 4.28. The Kier molecular flexibility index (Phi) is 7.16. The minimum absolute atomic E-state index is 0.624. The van der Waals surface area contributed by atoms with Gasteiger partial charge in [0.25, 0.3) is 0 Å². The van der Waals surface area contributed by atoms with Gasteiger partial charge in [0.15, 0.2) is 5.84 Å². The van der Waals surface area contributed by atoms with Crippen molar-refractivity contribution >= 4 is 11.7 Å². The number of amidine groups is 2. The largest absolute Gasteiger partial charge is 0.497 e. The van der Waals surface area contributed by atoms with E-state index in [9.17, 15) is 0 Å². The maximum atomic E-state index is 5.56. The van der Waals surface area contributed by atoms with Crippen molar-refractivity contribution in [1.29, 1.82) is 0 Å². The van der Waals surface area contributed by atoms with Crippen molar-refractivity contribution in [3.8, 4) is 5.75 Å². The van der Waals surface area contributed by atoms with Crippen LogP contribution in [0.3, 0.4) is 0 Å². The molecule has 140 valence electrons. The van der Waals surface area contributed by atoms with Crippen LogP contribution < -0.4 is 4.74 Å². The number of nitrogens with zero attached hydrogens (tertiary/aromatic N) is 3. The lowest BCUT2D eigenvalue weighted by atomic mass is 10.0. The third kappa shape index (κ3) is 4.61. The molecule has 0 amide bonds. The van der Waals surface area contributed by atoms with Crippen LogP contribution in [0, 0.1) is 6.92 Å². The number of hydrogen-bond donors (Lipinski definition) is 0. The van der Waals surface area contributed by atoms with Gasteiger partial charge >= 0.3 is 0 Å². The first kappa shape index (κ1) is 19.9. The molecule has 0 N–H and O–H groups in total. The van der Waals surface area contributed by atoms with Crippen LogP contribution in [0.15, 0.2) is 52.2 Å². The smallest absolute Gasteiger partial charge is 0.159 e. The molecule has 0 aromatic heterocycles. The minimum Gasteiger partial charge on any atom is -0.497 e. The number of rotatable bonds is 8. The molecule has 0 saturated carbocycles. The molecule has 26 heavy (non-hydrogen) atoms. The highest BCUT2D eigenvalue weighted by Crippen LogP contribution is 2.24. The second kappa shape index (κ2) is 9.34. The number of benzene rings is 1. The van der Waals surface area contributed by atoms with Crippen molar-refractivity contribution in [2.75, 3.05) is 26.9 Å². The average molecular weight is 355 g/mol. The lowest BCUT2D eigenvalue weighted by Crippen LogP contribution is -2.36. The Morgan fingerprint density at radius 1 is 1.35 bits per heavy atom. The van der Waals surface area contributed by atoms with Gasteiger partial charge in [-0.3, -0.25) is 0 Å². The van der Waals surface area contributed by atoms with E-state index in [1.807, 2.05) is 13.0 Å². The zero-order valence-electron chi connectivity index (χ0n) is 16.5. The Bertz CT molecular complexity index is 744. The minimum atomic E-state index is 0.624. The molecule has 0 spiro atoms. The lowest BCUT2D eigenvalue weighted by Gasteiger charge is -2.21. The zero-order chi connectivity index (χ0) is 19.1. The summed E-state index contributed by atoms with van der Waals surface area (Å²) < 4.78 is 10.9. The monoisotopic (exact) mass is 355 g/mol. The summed E-state index contributed by atoms with van der Waals surface area (Å²) >= 11 is 0. The Hall–Kier alpha value is -2.40. The van der Waals surface area contributed by atoms with Gasteiger partial charge in [-0.1, -0.05) is 12.6 Å². The van der Waals surface area contributed by atoms with Gasteiger partial charge in [0.2, 0.25) is 0 Å². The quantitative estimate of drug-likeness (QED) is 0.659. The molecule has 0 aliphatic carbocycles. The van der Waals surface area contributed by atoms with E-state index in [0.717, 1.165) is 28.7 Å². The van der Waals surface area contributed by atoms with Gasteiger partial charge in [-0.25, -0.2) is 9.98 Å². The van der Waals surface area contributed by atoms with Gasteiger partial charge in [0.05, 0.1) is 13.7 Å². The van der Waals surface area contributed by atoms with E-state index in [2.05, 4.69) is 49.4 Å². The summed E-state index contributed by atoms with van der Waals surface area (Å²) in [6.45, 7) is 14.0. The fourth-order valence-corrected chi connectivity index (χ4v) is 2.85. The summed E-state index contributed by atoms with van der Waals surface area (Å²) in [5.41, 5.74) is 4.45. The lowest BCUT2D eigenvalue weighted by molar-refractivity contribution is 0.142. The molecule has 0 fully saturated rings. The number of aryl methyl sites for hydroxylation is 1. The van der Waals surface area contributed by atoms with Gasteiger partial charge in [0.1, 0.15) is 17.3 Å². The highest BCUT2D eigenvalue weighted by Gasteiger charge is 2.28. The van der Waals surface area contributed by atoms with Crippen molar-refractivity contribution in [1.82, 2.24) is 4.90 Å². The standard InChI is InChI=1S/C21H29N3O2/c1-7-22-21-20(15(3)4)23-19(24(21)11-12-26-8-2)14-17-13-18(25-6)10-9-16(17)5/h7,9-10,13H,1,8,11-12,14H2,2-6H3. The van der Waals surface area contributed by atoms with Crippen LogP contribution in [0.25, 0.3) is 0 Å². The van der Waals surface area contributed by atoms with Gasteiger partial charge in [-0.15, -0.1) is 0 Å². The summed E-state index contributed by atoms with van der Waals surface area (Å²) in [5.74, 6) is 2.67. The number of methoxy groups -OCH3 is 1. The van der Waals surface area contributed by atoms with Gasteiger partial charge in [0, 0.05) is 25.8 Å². The van der Waals surface area contributed by atoms with Crippen LogP contribution >= 0.6 is 0 Å². The zero-order valence-corrected chi connectivity index (χ0v) is 16.5. The Labute approximate surface area is 156 Å². The molecule has 5 heteroatoms. The number of hydrogen-bond acceptors (Lipinski definition) is 4. The fourth-order valence-electron chi connectivity index (χ4n) is 2.85. The maximum Gasteiger partial charge on any atom is 0.159 e. The number of allylic oxidation sites excluding steroid dienone is 1. The second-order valence-electron chi connectivity index (χ2n) is 6.33. The Morgan fingerprint density at radius 3 is 2.73 bits per heavy atom. The molecular formula is C21H29N3O2. The molecule has 2 rings (SSSR count). The Balaban J connectivity index is 2.39. The molecule has 1 aromatic carbocycles. The van der Waals surface area contributed by atoms with Crippen molar-refractivity contribution < 1.29 is 9.47 Å². The molecule has 1 aromatic rings. The summed E-state index contributed by atoms with van der Waals surface area (Å²) in [6.07, 6.45) is 2.28. The predicted octanol–water partition coefficient (Wildman–Crippen LogP) is 4.13. The van der Waals surface area contributed by atoms with Gasteiger partial charge in [-0.2, -0.15) is 0 Å². The van der Waals surface area contributed by atoms with Crippen LogP contribution in [0.2, 0.25) is 0 Å². The van der Waals surface area contributed by atoms with Crippen molar-refractivity contribution in [3.05, 3.63) is 53.4 Å². The summed E-state index contributed by atoms with van der Waals surface area (Å²) in [6, 6.07) is 6.13. The maximum absolute atomic E-state index is 5.56. The molecule has 0 saturated heterocycles. The Morgan fingerprint density at radius 2 is 2.12 bits per heavy atom. The predicted molar refractivity (Wildman–Crippen MR) is 108 cm³/mol. The van der Waals surface area contributed by atoms with E-state index >= 15 is 0 Å². The molecule has 0 atom stereocenters. The SMILES string of the molecule is C=CN=C1C(=C(C)C)N=C(Cc2cc(OC)ccc2C)N1CCOCC. The third-order valence-electron chi connectivity index (χ3n) is 4.28. The van der Waals surface area contributed by atoms with Crippen LogP contribution in [0.5, 0.6) is 5.75 Å². The van der Waals surface area contributed by atoms with Crippen LogP contribution in [-0.2, 0) is 11.2 Å². The van der Waals surface area contributed by atoms with E-state index in [1.165, 1.54) is 11.1 Å². The average Bonchev–Trinajstić information content (AvgIpc) is 2.95. The molecule has 0 bridgehead atoms. The summed E-state index contributed by atoms with van der Waals surface area (Å²) in [4.78, 5) is 11.5. The first-order chi connectivity index (χ1) is 12.5. The van der Waals surface area contributed by atoms with E-state index in [1.54, 1.807) is 13.3 Å². The topological polar surface area (TPSA) is 46.4 Å². The highest BCUT2D eigenvalue weighted by atomic mass is 16.5. The first-order valence-electron chi connectivity index (χ1n) is 8.94.